The monoisotopic (exact) mass is 418 g/mol. The van der Waals surface area contributed by atoms with E-state index in [-0.39, 0.29) is 36.0 Å². The van der Waals surface area contributed by atoms with Crippen LogP contribution in [-0.2, 0) is 19.6 Å². The molecule has 0 spiro atoms. The number of hydrogen-bond donors (Lipinski definition) is 2. The molecule has 3 fully saturated rings. The minimum atomic E-state index is -3.57. The molecule has 0 aromatic carbocycles. The molecule has 0 aliphatic heterocycles. The molecule has 3 rings (SSSR count). The van der Waals surface area contributed by atoms with E-state index in [0.717, 1.165) is 38.5 Å². The molecular formula is C20H35FN2O4S. The van der Waals surface area contributed by atoms with Crippen LogP contribution < -0.4 is 10.5 Å². The van der Waals surface area contributed by atoms with Gasteiger partial charge < -0.3 is 10.1 Å². The van der Waals surface area contributed by atoms with Crippen LogP contribution in [0.1, 0.15) is 77.6 Å². The first-order valence-corrected chi connectivity index (χ1v) is 12.5. The SMILES string of the molecule is CC1CC(F)CCC1OC1CCCCC1C(=O)NC1CCCC(S(N)(=O)=O)C1. The summed E-state index contributed by atoms with van der Waals surface area (Å²) < 4.78 is 43.3. The number of halogens is 1. The Hall–Kier alpha value is -0.730. The van der Waals surface area contributed by atoms with Gasteiger partial charge in [-0.25, -0.2) is 17.9 Å². The van der Waals surface area contributed by atoms with Crippen LogP contribution in [0.5, 0.6) is 0 Å². The van der Waals surface area contributed by atoms with Gasteiger partial charge in [-0.05, 0) is 57.3 Å². The van der Waals surface area contributed by atoms with Crippen LogP contribution in [0.2, 0.25) is 0 Å². The largest absolute Gasteiger partial charge is 0.374 e. The fraction of sp³-hybridized carbons (Fsp3) is 0.950. The highest BCUT2D eigenvalue weighted by Crippen LogP contribution is 2.34. The molecule has 3 N–H and O–H groups in total. The topological polar surface area (TPSA) is 98.5 Å². The maximum atomic E-state index is 13.6. The highest BCUT2D eigenvalue weighted by molar-refractivity contribution is 7.89. The van der Waals surface area contributed by atoms with Gasteiger partial charge in [0.15, 0.2) is 0 Å². The molecule has 6 nitrogen and oxygen atoms in total. The van der Waals surface area contributed by atoms with E-state index in [1.165, 1.54) is 0 Å². The standard InChI is InChI=1S/C20H35FN2O4S/c1-13-11-14(21)9-10-18(13)27-19-8-3-2-7-17(19)20(24)23-15-5-4-6-16(12-15)28(22,25)26/h13-19H,2-12H2,1H3,(H,23,24)(H2,22,25,26). The molecule has 8 heteroatoms. The van der Waals surface area contributed by atoms with Crippen molar-refractivity contribution in [2.75, 3.05) is 0 Å². The summed E-state index contributed by atoms with van der Waals surface area (Å²) in [6.07, 6.45) is 7.10. The van der Waals surface area contributed by atoms with E-state index in [4.69, 9.17) is 9.88 Å². The Morgan fingerprint density at radius 2 is 1.75 bits per heavy atom. The molecule has 28 heavy (non-hydrogen) atoms. The number of nitrogens with two attached hydrogens (primary N) is 1. The molecule has 3 aliphatic carbocycles. The number of rotatable bonds is 5. The van der Waals surface area contributed by atoms with Crippen LogP contribution in [0, 0.1) is 11.8 Å². The van der Waals surface area contributed by atoms with Crippen molar-refractivity contribution in [3.8, 4) is 0 Å². The number of ether oxygens (including phenoxy) is 1. The minimum absolute atomic E-state index is 0.0202. The maximum absolute atomic E-state index is 13.6. The van der Waals surface area contributed by atoms with Crippen LogP contribution in [0.3, 0.4) is 0 Å². The minimum Gasteiger partial charge on any atom is -0.374 e. The van der Waals surface area contributed by atoms with Gasteiger partial charge in [0.1, 0.15) is 6.17 Å². The lowest BCUT2D eigenvalue weighted by molar-refractivity contribution is -0.141. The van der Waals surface area contributed by atoms with Gasteiger partial charge in [0.2, 0.25) is 15.9 Å². The van der Waals surface area contributed by atoms with E-state index in [9.17, 15) is 17.6 Å². The van der Waals surface area contributed by atoms with E-state index >= 15 is 0 Å². The number of sulfonamides is 1. The highest BCUT2D eigenvalue weighted by atomic mass is 32.2. The Morgan fingerprint density at radius 1 is 1.00 bits per heavy atom. The highest BCUT2D eigenvalue weighted by Gasteiger charge is 2.38. The molecule has 0 radical (unpaired) electrons. The average Bonchev–Trinajstić information content (AvgIpc) is 2.64. The van der Waals surface area contributed by atoms with E-state index < -0.39 is 21.4 Å². The lowest BCUT2D eigenvalue weighted by atomic mass is 9.83. The van der Waals surface area contributed by atoms with Crippen LogP contribution in [0.15, 0.2) is 0 Å². The van der Waals surface area contributed by atoms with Gasteiger partial charge in [0, 0.05) is 6.04 Å². The third-order valence-electron chi connectivity index (χ3n) is 6.85. The molecule has 7 atom stereocenters. The van der Waals surface area contributed by atoms with Gasteiger partial charge in [-0.15, -0.1) is 0 Å². The van der Waals surface area contributed by atoms with E-state index in [0.29, 0.717) is 32.1 Å². The van der Waals surface area contributed by atoms with Gasteiger partial charge in [0.05, 0.1) is 23.4 Å². The predicted molar refractivity (Wildman–Crippen MR) is 106 cm³/mol. The van der Waals surface area contributed by atoms with E-state index in [1.54, 1.807) is 0 Å². The van der Waals surface area contributed by atoms with Gasteiger partial charge in [-0.1, -0.05) is 26.2 Å². The van der Waals surface area contributed by atoms with Crippen LogP contribution >= 0.6 is 0 Å². The molecule has 7 unspecified atom stereocenters. The summed E-state index contributed by atoms with van der Waals surface area (Å²) in [5.74, 6) is -0.0706. The maximum Gasteiger partial charge on any atom is 0.225 e. The van der Waals surface area contributed by atoms with Gasteiger partial charge in [0.25, 0.3) is 0 Å². The van der Waals surface area contributed by atoms with Crippen molar-refractivity contribution in [1.29, 1.82) is 0 Å². The summed E-state index contributed by atoms with van der Waals surface area (Å²) in [6, 6.07) is -0.145. The zero-order valence-electron chi connectivity index (χ0n) is 16.8. The number of alkyl halides is 1. The normalized spacial score (nSPS) is 40.0. The summed E-state index contributed by atoms with van der Waals surface area (Å²) in [4.78, 5) is 13.0. The summed E-state index contributed by atoms with van der Waals surface area (Å²) in [6.45, 7) is 2.03. The number of primary sulfonamides is 1. The molecule has 162 valence electrons. The second-order valence-electron chi connectivity index (χ2n) is 9.07. The average molecular weight is 419 g/mol. The van der Waals surface area contributed by atoms with Crippen LogP contribution in [-0.4, -0.2) is 44.0 Å². The zero-order valence-corrected chi connectivity index (χ0v) is 17.6. The molecule has 1 amide bonds. The first-order chi connectivity index (χ1) is 13.2. The molecule has 0 aromatic rings. The number of amides is 1. The molecule has 0 saturated heterocycles. The second kappa shape index (κ2) is 9.39. The van der Waals surface area contributed by atoms with Crippen molar-refractivity contribution in [2.45, 2.75) is 107 Å². The molecule has 0 aromatic heterocycles. The van der Waals surface area contributed by atoms with Crippen molar-refractivity contribution in [3.05, 3.63) is 0 Å². The van der Waals surface area contributed by atoms with Crippen molar-refractivity contribution in [1.82, 2.24) is 5.32 Å². The molecule has 0 heterocycles. The van der Waals surface area contributed by atoms with E-state index in [2.05, 4.69) is 5.32 Å². The molecular weight excluding hydrogens is 383 g/mol. The molecule has 3 saturated carbocycles. The summed E-state index contributed by atoms with van der Waals surface area (Å²) in [5.41, 5.74) is 0. The smallest absolute Gasteiger partial charge is 0.225 e. The fourth-order valence-electron chi connectivity index (χ4n) is 5.17. The Bertz CT molecular complexity index is 644. The quantitative estimate of drug-likeness (QED) is 0.717. The Balaban J connectivity index is 1.57. The molecule has 3 aliphatic rings. The lowest BCUT2D eigenvalue weighted by Gasteiger charge is -2.38. The van der Waals surface area contributed by atoms with Crippen molar-refractivity contribution < 1.29 is 22.3 Å². The van der Waals surface area contributed by atoms with Crippen molar-refractivity contribution in [3.63, 3.8) is 0 Å². The third-order valence-corrected chi connectivity index (χ3v) is 8.21. The first kappa shape index (κ1) is 22.0. The van der Waals surface area contributed by atoms with Gasteiger partial charge in [-0.2, -0.15) is 0 Å². The Morgan fingerprint density at radius 3 is 2.46 bits per heavy atom. The van der Waals surface area contributed by atoms with Gasteiger partial charge in [-0.3, -0.25) is 4.79 Å². The second-order valence-corrected chi connectivity index (χ2v) is 10.9. The first-order valence-electron chi connectivity index (χ1n) is 10.9. The lowest BCUT2D eigenvalue weighted by Crippen LogP contribution is -2.49. The summed E-state index contributed by atoms with van der Waals surface area (Å²) >= 11 is 0. The van der Waals surface area contributed by atoms with Gasteiger partial charge >= 0.3 is 0 Å². The third kappa shape index (κ3) is 5.66. The number of hydrogen-bond acceptors (Lipinski definition) is 4. The zero-order chi connectivity index (χ0) is 20.3. The molecule has 0 bridgehead atoms. The van der Waals surface area contributed by atoms with Crippen molar-refractivity contribution in [2.24, 2.45) is 17.0 Å². The number of nitrogens with one attached hydrogen (secondary N) is 1. The number of carbonyl (C=O) groups excluding carboxylic acids is 1. The summed E-state index contributed by atoms with van der Waals surface area (Å²) in [5, 5.41) is 7.82. The summed E-state index contributed by atoms with van der Waals surface area (Å²) in [7, 11) is -3.57. The van der Waals surface area contributed by atoms with Crippen LogP contribution in [0.25, 0.3) is 0 Å². The number of carbonyl (C=O) groups is 1. The predicted octanol–water partition coefficient (Wildman–Crippen LogP) is 2.80. The fourth-order valence-corrected chi connectivity index (χ4v) is 6.17. The van der Waals surface area contributed by atoms with E-state index in [1.807, 2.05) is 6.92 Å². The van der Waals surface area contributed by atoms with Crippen molar-refractivity contribution >= 4 is 15.9 Å². The Labute approximate surface area is 168 Å². The Kier molecular flexibility index (Phi) is 7.37. The van der Waals surface area contributed by atoms with Crippen LogP contribution in [0.4, 0.5) is 4.39 Å².